The third-order valence-electron chi connectivity index (χ3n) is 3.27. The Morgan fingerprint density at radius 3 is 2.79 bits per heavy atom. The van der Waals surface area contributed by atoms with Gasteiger partial charge in [0.05, 0.1) is 6.54 Å². The van der Waals surface area contributed by atoms with Gasteiger partial charge in [0.15, 0.2) is 5.96 Å². The monoisotopic (exact) mass is 443 g/mol. The van der Waals surface area contributed by atoms with Crippen LogP contribution in [-0.4, -0.2) is 37.7 Å². The van der Waals surface area contributed by atoms with Crippen LogP contribution in [-0.2, 0) is 13.0 Å². The summed E-state index contributed by atoms with van der Waals surface area (Å²) in [6.07, 6.45) is 2.32. The number of benzene rings is 1. The van der Waals surface area contributed by atoms with E-state index in [0.29, 0.717) is 24.6 Å². The first-order chi connectivity index (χ1) is 11.2. The van der Waals surface area contributed by atoms with Gasteiger partial charge in [-0.2, -0.15) is 0 Å². The molecule has 0 unspecified atom stereocenters. The van der Waals surface area contributed by atoms with Crippen LogP contribution in [0.15, 0.2) is 46.1 Å². The summed E-state index contributed by atoms with van der Waals surface area (Å²) in [5.74, 6) is 0.611. The summed E-state index contributed by atoms with van der Waals surface area (Å²) in [5.41, 5.74) is 2.57. The van der Waals surface area contributed by atoms with Gasteiger partial charge in [0.25, 0.3) is 5.91 Å². The molecule has 0 saturated heterocycles. The van der Waals surface area contributed by atoms with Crippen molar-refractivity contribution in [2.24, 2.45) is 4.99 Å². The first-order valence-electron chi connectivity index (χ1n) is 7.37. The third-order valence-corrected chi connectivity index (χ3v) is 3.27. The highest BCUT2D eigenvalue weighted by Crippen LogP contribution is 2.05. The topological polar surface area (TPSA) is 91.5 Å². The lowest BCUT2D eigenvalue weighted by Gasteiger charge is -2.11. The van der Waals surface area contributed by atoms with E-state index in [2.05, 4.69) is 26.1 Å². The highest BCUT2D eigenvalue weighted by Gasteiger charge is 2.04. The van der Waals surface area contributed by atoms with Crippen LogP contribution in [0.25, 0.3) is 0 Å². The molecule has 0 saturated carbocycles. The predicted molar refractivity (Wildman–Crippen MR) is 104 cm³/mol. The molecule has 130 valence electrons. The van der Waals surface area contributed by atoms with Gasteiger partial charge in [-0.3, -0.25) is 9.79 Å². The van der Waals surface area contributed by atoms with Crippen molar-refractivity contribution in [2.75, 3.05) is 20.6 Å². The average Bonchev–Trinajstić information content (AvgIpc) is 3.11. The van der Waals surface area contributed by atoms with Crippen molar-refractivity contribution in [3.63, 3.8) is 0 Å². The van der Waals surface area contributed by atoms with Crippen LogP contribution in [0.2, 0.25) is 0 Å². The molecule has 0 fully saturated rings. The van der Waals surface area contributed by atoms with Gasteiger partial charge in [-0.05, 0) is 24.1 Å². The van der Waals surface area contributed by atoms with Crippen molar-refractivity contribution in [3.8, 4) is 0 Å². The number of carbonyl (C=O) groups excluding carboxylic acids is 1. The molecule has 7 nitrogen and oxygen atoms in total. The van der Waals surface area contributed by atoms with Crippen molar-refractivity contribution in [3.05, 3.63) is 53.4 Å². The summed E-state index contributed by atoms with van der Waals surface area (Å²) in [6.45, 7) is 1.25. The van der Waals surface area contributed by atoms with Crippen LogP contribution in [0.4, 0.5) is 0 Å². The molecule has 8 heteroatoms. The molecule has 0 aliphatic carbocycles. The first-order valence-corrected chi connectivity index (χ1v) is 7.37. The Balaban J connectivity index is 0.00000288. The minimum Gasteiger partial charge on any atom is -0.364 e. The number of guanidine groups is 1. The van der Waals surface area contributed by atoms with Crippen molar-refractivity contribution in [1.82, 2.24) is 21.1 Å². The number of carbonyl (C=O) groups is 1. The average molecular weight is 443 g/mol. The number of rotatable bonds is 6. The van der Waals surface area contributed by atoms with Crippen LogP contribution in [0, 0.1) is 0 Å². The van der Waals surface area contributed by atoms with E-state index >= 15 is 0 Å². The van der Waals surface area contributed by atoms with E-state index in [-0.39, 0.29) is 29.9 Å². The molecule has 1 heterocycles. The van der Waals surface area contributed by atoms with Crippen LogP contribution < -0.4 is 16.0 Å². The minimum absolute atomic E-state index is 0. The maximum Gasteiger partial charge on any atom is 0.251 e. The smallest absolute Gasteiger partial charge is 0.251 e. The molecular weight excluding hydrogens is 421 g/mol. The second-order valence-corrected chi connectivity index (χ2v) is 4.87. The molecule has 1 aromatic carbocycles. The van der Waals surface area contributed by atoms with Crippen molar-refractivity contribution >= 4 is 35.8 Å². The second kappa shape index (κ2) is 10.6. The van der Waals surface area contributed by atoms with Gasteiger partial charge in [0.1, 0.15) is 12.0 Å². The van der Waals surface area contributed by atoms with Gasteiger partial charge < -0.3 is 20.5 Å². The van der Waals surface area contributed by atoms with Crippen molar-refractivity contribution < 1.29 is 9.32 Å². The highest BCUT2D eigenvalue weighted by molar-refractivity contribution is 14.0. The quantitative estimate of drug-likeness (QED) is 0.358. The van der Waals surface area contributed by atoms with Crippen LogP contribution in [0.1, 0.15) is 21.6 Å². The summed E-state index contributed by atoms with van der Waals surface area (Å²) in [6, 6.07) is 9.38. The van der Waals surface area contributed by atoms with Crippen molar-refractivity contribution in [2.45, 2.75) is 13.0 Å². The summed E-state index contributed by atoms with van der Waals surface area (Å²) in [4.78, 5) is 15.8. The molecule has 0 radical (unpaired) electrons. The molecule has 2 rings (SSSR count). The fraction of sp³-hybridized carbons (Fsp3) is 0.312. The lowest BCUT2D eigenvalue weighted by Crippen LogP contribution is -2.37. The highest BCUT2D eigenvalue weighted by atomic mass is 127. The van der Waals surface area contributed by atoms with E-state index in [1.165, 1.54) is 6.26 Å². The standard InChI is InChI=1S/C16H21N5O2.HI/c1-17-15(22)13-5-3-4-12(10-13)6-8-19-16(18-2)20-11-14-7-9-23-21-14;/h3-5,7,9-10H,6,8,11H2,1-2H3,(H,17,22)(H2,18,19,20);1H. The van der Waals surface area contributed by atoms with Crippen LogP contribution in [0.3, 0.4) is 0 Å². The molecule has 1 aromatic heterocycles. The number of hydrogen-bond donors (Lipinski definition) is 3. The molecule has 3 N–H and O–H groups in total. The zero-order valence-corrected chi connectivity index (χ0v) is 16.0. The van der Waals surface area contributed by atoms with Gasteiger partial charge >= 0.3 is 0 Å². The zero-order valence-electron chi connectivity index (χ0n) is 13.7. The second-order valence-electron chi connectivity index (χ2n) is 4.87. The lowest BCUT2D eigenvalue weighted by molar-refractivity contribution is 0.0963. The summed E-state index contributed by atoms with van der Waals surface area (Å²) >= 11 is 0. The van der Waals surface area contributed by atoms with Crippen molar-refractivity contribution in [1.29, 1.82) is 0 Å². The summed E-state index contributed by atoms with van der Waals surface area (Å²) < 4.78 is 4.78. The van der Waals surface area contributed by atoms with Gasteiger partial charge in [-0.1, -0.05) is 17.3 Å². The van der Waals surface area contributed by atoms with E-state index in [1.54, 1.807) is 26.2 Å². The summed E-state index contributed by atoms with van der Waals surface area (Å²) in [7, 11) is 3.34. The van der Waals surface area contributed by atoms with E-state index in [1.807, 2.05) is 18.2 Å². The minimum atomic E-state index is -0.0788. The fourth-order valence-electron chi connectivity index (χ4n) is 2.06. The molecule has 0 aliphatic rings. The normalized spacial score (nSPS) is 10.7. The van der Waals surface area contributed by atoms with Gasteiger partial charge in [-0.25, -0.2) is 0 Å². The Morgan fingerprint density at radius 2 is 2.12 bits per heavy atom. The molecule has 1 amide bonds. The number of amides is 1. The molecule has 0 aliphatic heterocycles. The molecular formula is C16H22IN5O2. The maximum absolute atomic E-state index is 11.6. The first kappa shape index (κ1) is 19.9. The molecule has 0 spiro atoms. The van der Waals surface area contributed by atoms with E-state index in [4.69, 9.17) is 4.52 Å². The van der Waals surface area contributed by atoms with Gasteiger partial charge in [-0.15, -0.1) is 24.0 Å². The number of halogens is 1. The Morgan fingerprint density at radius 1 is 1.29 bits per heavy atom. The number of hydrogen-bond acceptors (Lipinski definition) is 4. The largest absolute Gasteiger partial charge is 0.364 e. The van der Waals surface area contributed by atoms with Gasteiger partial charge in [0.2, 0.25) is 0 Å². The Hall–Kier alpha value is -2.10. The predicted octanol–water partition coefficient (Wildman–Crippen LogP) is 1.56. The number of aliphatic imine (C=N–C) groups is 1. The lowest BCUT2D eigenvalue weighted by atomic mass is 10.1. The van der Waals surface area contributed by atoms with E-state index in [9.17, 15) is 4.79 Å². The SMILES string of the molecule is CN=C(NCCc1cccc(C(=O)NC)c1)NCc1ccon1.I. The summed E-state index contributed by atoms with van der Waals surface area (Å²) in [5, 5.41) is 12.8. The maximum atomic E-state index is 11.6. The van der Waals surface area contributed by atoms with E-state index in [0.717, 1.165) is 17.7 Å². The number of aromatic nitrogens is 1. The third kappa shape index (κ3) is 6.19. The fourth-order valence-corrected chi connectivity index (χ4v) is 2.06. The van der Waals surface area contributed by atoms with Gasteiger partial charge in [0, 0.05) is 32.3 Å². The number of nitrogens with zero attached hydrogens (tertiary/aromatic N) is 2. The molecule has 0 bridgehead atoms. The van der Waals surface area contributed by atoms with E-state index < -0.39 is 0 Å². The molecule has 2 aromatic rings. The Labute approximate surface area is 158 Å². The van der Waals surface area contributed by atoms with Crippen LogP contribution >= 0.6 is 24.0 Å². The molecule has 24 heavy (non-hydrogen) atoms. The Kier molecular flexibility index (Phi) is 8.84. The Bertz CT molecular complexity index is 658. The van der Waals surface area contributed by atoms with Crippen LogP contribution in [0.5, 0.6) is 0 Å². The zero-order chi connectivity index (χ0) is 16.5. The molecule has 0 atom stereocenters. The number of nitrogens with one attached hydrogen (secondary N) is 3.